The van der Waals surface area contributed by atoms with Gasteiger partial charge in [0.15, 0.2) is 15.3 Å². The molecule has 1 aliphatic carbocycles. The molecule has 1 fully saturated rings. The first-order chi connectivity index (χ1) is 10.3. The van der Waals surface area contributed by atoms with Gasteiger partial charge < -0.3 is 9.47 Å². The van der Waals surface area contributed by atoms with Crippen LogP contribution in [0.4, 0.5) is 0 Å². The Hall–Kier alpha value is -2.07. The molecule has 0 aromatic heterocycles. The number of sulfone groups is 1. The highest BCUT2D eigenvalue weighted by atomic mass is 32.2. The van der Waals surface area contributed by atoms with Crippen LogP contribution in [0.15, 0.2) is 24.3 Å². The molecule has 3 atom stereocenters. The van der Waals surface area contributed by atoms with E-state index >= 15 is 0 Å². The van der Waals surface area contributed by atoms with Crippen molar-refractivity contribution in [3.05, 3.63) is 29.8 Å². The third-order valence-corrected chi connectivity index (χ3v) is 5.43. The molecule has 0 saturated heterocycles. The largest absolute Gasteiger partial charge is 0.497 e. The van der Waals surface area contributed by atoms with Crippen LogP contribution in [0.2, 0.25) is 0 Å². The Kier molecular flexibility index (Phi) is 4.16. The topological polar surface area (TPSA) is 93.5 Å². The summed E-state index contributed by atoms with van der Waals surface area (Å²) < 4.78 is 34.0. The zero-order valence-electron chi connectivity index (χ0n) is 12.6. The lowest BCUT2D eigenvalue weighted by molar-refractivity contribution is -0.147. The molecular weight excluding hydrogens is 306 g/mol. The van der Waals surface area contributed by atoms with Crippen LogP contribution in [0, 0.1) is 16.7 Å². The van der Waals surface area contributed by atoms with E-state index in [-0.39, 0.29) is 6.61 Å². The quantitative estimate of drug-likeness (QED) is 0.758. The van der Waals surface area contributed by atoms with Gasteiger partial charge in [-0.15, -0.1) is 0 Å². The Bertz CT molecular complexity index is 719. The van der Waals surface area contributed by atoms with E-state index < -0.39 is 32.4 Å². The van der Waals surface area contributed by atoms with E-state index in [9.17, 15) is 18.5 Å². The Morgan fingerprint density at radius 2 is 1.95 bits per heavy atom. The SMILES string of the molecule is CCOC(=O)[C@]1(C#N)[C@H](c2ccc(OC)cc2)[C@@H]1S(C)(=O)=O. The van der Waals surface area contributed by atoms with E-state index in [0.29, 0.717) is 11.3 Å². The van der Waals surface area contributed by atoms with E-state index in [4.69, 9.17) is 9.47 Å². The van der Waals surface area contributed by atoms with Crippen LogP contribution < -0.4 is 4.74 Å². The molecule has 7 heteroatoms. The monoisotopic (exact) mass is 323 g/mol. The standard InChI is InChI=1S/C15H17NO5S/c1-4-21-14(17)15(9-16)12(13(15)22(3,18)19)10-5-7-11(20-2)8-6-10/h5-8,12-13H,4H2,1-3H3/t12-,13+,15-/m1/s1. The number of rotatable bonds is 5. The van der Waals surface area contributed by atoms with Crippen molar-refractivity contribution >= 4 is 15.8 Å². The van der Waals surface area contributed by atoms with Gasteiger partial charge in [-0.05, 0) is 24.6 Å². The van der Waals surface area contributed by atoms with Crippen LogP contribution in [0.3, 0.4) is 0 Å². The minimum absolute atomic E-state index is 0.0913. The highest BCUT2D eigenvalue weighted by Gasteiger charge is 2.76. The zero-order valence-corrected chi connectivity index (χ0v) is 13.4. The summed E-state index contributed by atoms with van der Waals surface area (Å²) in [6.45, 7) is 1.71. The number of esters is 1. The molecule has 22 heavy (non-hydrogen) atoms. The van der Waals surface area contributed by atoms with Gasteiger partial charge in [-0.1, -0.05) is 12.1 Å². The molecule has 0 aliphatic heterocycles. The summed E-state index contributed by atoms with van der Waals surface area (Å²) in [6.07, 6.45) is 1.03. The predicted octanol–water partition coefficient (Wildman–Crippen LogP) is 1.28. The molecule has 118 valence electrons. The number of hydrogen-bond donors (Lipinski definition) is 0. The first-order valence-electron chi connectivity index (χ1n) is 6.74. The molecule has 0 spiro atoms. The van der Waals surface area contributed by atoms with Gasteiger partial charge >= 0.3 is 5.97 Å². The maximum atomic E-state index is 12.2. The van der Waals surface area contributed by atoms with Gasteiger partial charge in [-0.2, -0.15) is 5.26 Å². The Morgan fingerprint density at radius 1 is 1.36 bits per heavy atom. The van der Waals surface area contributed by atoms with Gasteiger partial charge in [0, 0.05) is 12.2 Å². The minimum atomic E-state index is -3.58. The number of nitriles is 1. The smallest absolute Gasteiger partial charge is 0.328 e. The maximum Gasteiger partial charge on any atom is 0.328 e. The number of methoxy groups -OCH3 is 1. The fourth-order valence-corrected chi connectivity index (χ4v) is 4.62. The van der Waals surface area contributed by atoms with E-state index in [1.54, 1.807) is 31.2 Å². The van der Waals surface area contributed by atoms with Gasteiger partial charge in [0.2, 0.25) is 0 Å². The summed E-state index contributed by atoms with van der Waals surface area (Å²) in [7, 11) is -2.06. The van der Waals surface area contributed by atoms with Gasteiger partial charge in [-0.3, -0.25) is 4.79 Å². The second-order valence-electron chi connectivity index (χ2n) is 5.20. The molecule has 0 N–H and O–H groups in total. The molecule has 1 aromatic carbocycles. The third-order valence-electron chi connectivity index (χ3n) is 3.87. The molecule has 1 aliphatic rings. The molecule has 0 bridgehead atoms. The summed E-state index contributed by atoms with van der Waals surface area (Å²) in [5.74, 6) is -0.898. The first kappa shape index (κ1) is 16.3. The zero-order chi connectivity index (χ0) is 16.5. The fraction of sp³-hybridized carbons (Fsp3) is 0.467. The molecule has 0 amide bonds. The normalized spacial score (nSPS) is 26.8. The number of nitrogens with zero attached hydrogens (tertiary/aromatic N) is 1. The average Bonchev–Trinajstić information content (AvgIpc) is 3.18. The third kappa shape index (κ3) is 2.44. The number of benzene rings is 1. The lowest BCUT2D eigenvalue weighted by atomic mass is 10.0. The summed E-state index contributed by atoms with van der Waals surface area (Å²) in [5.41, 5.74) is -1.07. The molecule has 1 aromatic rings. The highest BCUT2D eigenvalue weighted by Crippen LogP contribution is 2.63. The van der Waals surface area contributed by atoms with Crippen LogP contribution in [0.25, 0.3) is 0 Å². The average molecular weight is 323 g/mol. The van der Waals surface area contributed by atoms with Gasteiger partial charge in [0.05, 0.1) is 19.8 Å². The molecule has 1 saturated carbocycles. The molecule has 6 nitrogen and oxygen atoms in total. The molecule has 2 rings (SSSR count). The second kappa shape index (κ2) is 5.61. The highest BCUT2D eigenvalue weighted by molar-refractivity contribution is 7.91. The summed E-state index contributed by atoms with van der Waals surface area (Å²) in [4.78, 5) is 12.2. The molecule has 0 radical (unpaired) electrons. The van der Waals surface area contributed by atoms with E-state index in [1.165, 1.54) is 7.11 Å². The van der Waals surface area contributed by atoms with Crippen LogP contribution in [-0.2, 0) is 19.4 Å². The number of carbonyl (C=O) groups is 1. The predicted molar refractivity (Wildman–Crippen MR) is 79.0 cm³/mol. The van der Waals surface area contributed by atoms with Crippen LogP contribution >= 0.6 is 0 Å². The summed E-state index contributed by atoms with van der Waals surface area (Å²) in [5, 5.41) is 8.39. The molecule has 0 heterocycles. The summed E-state index contributed by atoms with van der Waals surface area (Å²) >= 11 is 0. The Morgan fingerprint density at radius 3 is 2.36 bits per heavy atom. The van der Waals surface area contributed by atoms with Gasteiger partial charge in [0.25, 0.3) is 0 Å². The van der Waals surface area contributed by atoms with Crippen molar-refractivity contribution in [3.63, 3.8) is 0 Å². The number of hydrogen-bond acceptors (Lipinski definition) is 6. The fourth-order valence-electron chi connectivity index (χ4n) is 2.86. The Balaban J connectivity index is 2.47. The number of carbonyl (C=O) groups excluding carboxylic acids is 1. The maximum absolute atomic E-state index is 12.2. The van der Waals surface area contributed by atoms with E-state index in [2.05, 4.69) is 0 Å². The second-order valence-corrected chi connectivity index (χ2v) is 7.37. The lowest BCUT2D eigenvalue weighted by Crippen LogP contribution is -2.24. The van der Waals surface area contributed by atoms with Gasteiger partial charge in [-0.25, -0.2) is 8.42 Å². The van der Waals surface area contributed by atoms with Crippen molar-refractivity contribution in [2.75, 3.05) is 20.0 Å². The van der Waals surface area contributed by atoms with E-state index in [1.807, 2.05) is 6.07 Å². The van der Waals surface area contributed by atoms with Crippen molar-refractivity contribution < 1.29 is 22.7 Å². The van der Waals surface area contributed by atoms with Crippen molar-refractivity contribution in [2.45, 2.75) is 18.1 Å². The first-order valence-corrected chi connectivity index (χ1v) is 8.69. The van der Waals surface area contributed by atoms with Crippen LogP contribution in [-0.4, -0.2) is 39.6 Å². The number of ether oxygens (including phenoxy) is 2. The van der Waals surface area contributed by atoms with Crippen molar-refractivity contribution in [1.29, 1.82) is 5.26 Å². The van der Waals surface area contributed by atoms with E-state index in [0.717, 1.165) is 6.26 Å². The van der Waals surface area contributed by atoms with Crippen molar-refractivity contribution in [2.24, 2.45) is 5.41 Å². The lowest BCUT2D eigenvalue weighted by Gasteiger charge is -2.08. The Labute approximate surface area is 129 Å². The van der Waals surface area contributed by atoms with Crippen LogP contribution in [0.5, 0.6) is 5.75 Å². The van der Waals surface area contributed by atoms with Crippen molar-refractivity contribution in [1.82, 2.24) is 0 Å². The van der Waals surface area contributed by atoms with Crippen molar-refractivity contribution in [3.8, 4) is 11.8 Å². The summed E-state index contributed by atoms with van der Waals surface area (Å²) in [6, 6.07) is 8.55. The molecule has 0 unspecified atom stereocenters. The molecular formula is C15H17NO5S. The van der Waals surface area contributed by atoms with Crippen LogP contribution in [0.1, 0.15) is 18.4 Å². The van der Waals surface area contributed by atoms with Gasteiger partial charge in [0.1, 0.15) is 11.0 Å². The minimum Gasteiger partial charge on any atom is -0.497 e.